The lowest BCUT2D eigenvalue weighted by Crippen LogP contribution is -2.44. The molecular formula is C17H24N2O2. The molecule has 2 fully saturated rings. The van der Waals surface area contributed by atoms with Crippen molar-refractivity contribution in [3.63, 3.8) is 0 Å². The van der Waals surface area contributed by atoms with Crippen molar-refractivity contribution in [2.45, 2.75) is 38.9 Å². The van der Waals surface area contributed by atoms with Gasteiger partial charge in [0, 0.05) is 19.8 Å². The van der Waals surface area contributed by atoms with E-state index < -0.39 is 0 Å². The lowest BCUT2D eigenvalue weighted by molar-refractivity contribution is -0.132. The summed E-state index contributed by atoms with van der Waals surface area (Å²) in [6.45, 7) is 6.77. The second-order valence-electron chi connectivity index (χ2n) is 6.58. The molecule has 0 saturated carbocycles. The summed E-state index contributed by atoms with van der Waals surface area (Å²) in [5.74, 6) is 0.196. The summed E-state index contributed by atoms with van der Waals surface area (Å²) in [5.41, 5.74) is 1.23. The second kappa shape index (κ2) is 5.78. The van der Waals surface area contributed by atoms with Gasteiger partial charge in [0.1, 0.15) is 6.04 Å². The molecule has 1 aromatic carbocycles. The molecule has 114 valence electrons. The van der Waals surface area contributed by atoms with Crippen LogP contribution in [-0.4, -0.2) is 36.7 Å². The SMILES string of the molecule is CC1NC(c2ccccc2)C(=O)N1CC1(C)CCOCC1. The maximum absolute atomic E-state index is 12.8. The second-order valence-corrected chi connectivity index (χ2v) is 6.58. The van der Waals surface area contributed by atoms with E-state index in [2.05, 4.69) is 19.2 Å². The third-order valence-electron chi connectivity index (χ3n) is 4.79. The highest BCUT2D eigenvalue weighted by molar-refractivity contribution is 5.85. The zero-order valence-electron chi connectivity index (χ0n) is 12.8. The van der Waals surface area contributed by atoms with Crippen LogP contribution in [0, 0.1) is 5.41 Å². The predicted molar refractivity (Wildman–Crippen MR) is 81.7 cm³/mol. The van der Waals surface area contributed by atoms with Gasteiger partial charge < -0.3 is 9.64 Å². The number of benzene rings is 1. The zero-order chi connectivity index (χ0) is 14.9. The standard InChI is InChI=1S/C17H24N2O2/c1-13-18-15(14-6-4-3-5-7-14)16(20)19(13)12-17(2)8-10-21-11-9-17/h3-7,13,15,18H,8-12H2,1-2H3. The van der Waals surface area contributed by atoms with E-state index in [1.807, 2.05) is 35.2 Å². The number of carbonyl (C=O) groups is 1. The van der Waals surface area contributed by atoms with Gasteiger partial charge in [-0.3, -0.25) is 10.1 Å². The molecule has 2 atom stereocenters. The Labute approximate surface area is 126 Å². The summed E-state index contributed by atoms with van der Waals surface area (Å²) in [6.07, 6.45) is 2.14. The summed E-state index contributed by atoms with van der Waals surface area (Å²) in [7, 11) is 0. The summed E-state index contributed by atoms with van der Waals surface area (Å²) < 4.78 is 5.45. The fourth-order valence-electron chi connectivity index (χ4n) is 3.29. The number of hydrogen-bond donors (Lipinski definition) is 1. The molecule has 0 aliphatic carbocycles. The fraction of sp³-hybridized carbons (Fsp3) is 0.588. The van der Waals surface area contributed by atoms with Gasteiger partial charge in [-0.1, -0.05) is 37.3 Å². The van der Waals surface area contributed by atoms with Crippen LogP contribution in [-0.2, 0) is 9.53 Å². The Bertz CT molecular complexity index is 497. The average molecular weight is 288 g/mol. The van der Waals surface area contributed by atoms with E-state index in [1.54, 1.807) is 0 Å². The molecule has 1 N–H and O–H groups in total. The molecule has 2 unspecified atom stereocenters. The van der Waals surface area contributed by atoms with Crippen molar-refractivity contribution in [3.8, 4) is 0 Å². The van der Waals surface area contributed by atoms with E-state index in [-0.39, 0.29) is 23.5 Å². The lowest BCUT2D eigenvalue weighted by Gasteiger charge is -2.38. The van der Waals surface area contributed by atoms with Crippen LogP contribution in [0.3, 0.4) is 0 Å². The van der Waals surface area contributed by atoms with Crippen LogP contribution in [0.1, 0.15) is 38.3 Å². The van der Waals surface area contributed by atoms with Crippen LogP contribution in [0.5, 0.6) is 0 Å². The Morgan fingerprint density at radius 3 is 2.62 bits per heavy atom. The molecule has 3 rings (SSSR count). The van der Waals surface area contributed by atoms with Crippen molar-refractivity contribution in [2.75, 3.05) is 19.8 Å². The summed E-state index contributed by atoms with van der Waals surface area (Å²) in [5, 5.41) is 3.42. The van der Waals surface area contributed by atoms with Crippen molar-refractivity contribution in [1.29, 1.82) is 0 Å². The van der Waals surface area contributed by atoms with Gasteiger partial charge >= 0.3 is 0 Å². The highest BCUT2D eigenvalue weighted by atomic mass is 16.5. The first-order valence-corrected chi connectivity index (χ1v) is 7.78. The molecule has 0 bridgehead atoms. The first-order valence-electron chi connectivity index (χ1n) is 7.78. The van der Waals surface area contributed by atoms with Crippen molar-refractivity contribution in [2.24, 2.45) is 5.41 Å². The molecule has 1 aromatic rings. The van der Waals surface area contributed by atoms with Gasteiger partial charge in [0.15, 0.2) is 0 Å². The lowest BCUT2D eigenvalue weighted by atomic mass is 9.82. The average Bonchev–Trinajstić information content (AvgIpc) is 2.77. The largest absolute Gasteiger partial charge is 0.381 e. The number of rotatable bonds is 3. The summed E-state index contributed by atoms with van der Waals surface area (Å²) in [4.78, 5) is 14.8. The van der Waals surface area contributed by atoms with E-state index in [0.717, 1.165) is 38.2 Å². The van der Waals surface area contributed by atoms with Crippen molar-refractivity contribution >= 4 is 5.91 Å². The third-order valence-corrected chi connectivity index (χ3v) is 4.79. The van der Waals surface area contributed by atoms with Gasteiger partial charge in [-0.25, -0.2) is 0 Å². The number of nitrogens with zero attached hydrogens (tertiary/aromatic N) is 1. The molecule has 1 amide bonds. The molecule has 4 nitrogen and oxygen atoms in total. The van der Waals surface area contributed by atoms with Gasteiger partial charge in [-0.15, -0.1) is 0 Å². The van der Waals surface area contributed by atoms with Crippen molar-refractivity contribution in [3.05, 3.63) is 35.9 Å². The van der Waals surface area contributed by atoms with E-state index >= 15 is 0 Å². The highest BCUT2D eigenvalue weighted by Gasteiger charge is 2.41. The molecular weight excluding hydrogens is 264 g/mol. The molecule has 0 radical (unpaired) electrons. The first-order chi connectivity index (χ1) is 10.1. The Hall–Kier alpha value is -1.39. The third kappa shape index (κ3) is 2.97. The Morgan fingerprint density at radius 1 is 1.29 bits per heavy atom. The van der Waals surface area contributed by atoms with Crippen LogP contribution >= 0.6 is 0 Å². The van der Waals surface area contributed by atoms with Gasteiger partial charge in [0.2, 0.25) is 5.91 Å². The molecule has 21 heavy (non-hydrogen) atoms. The van der Waals surface area contributed by atoms with Crippen LogP contribution in [0.2, 0.25) is 0 Å². The maximum Gasteiger partial charge on any atom is 0.245 e. The molecule has 0 spiro atoms. The highest BCUT2D eigenvalue weighted by Crippen LogP contribution is 2.34. The fourth-order valence-corrected chi connectivity index (χ4v) is 3.29. The number of nitrogens with one attached hydrogen (secondary N) is 1. The first kappa shape index (κ1) is 14.5. The van der Waals surface area contributed by atoms with Gasteiger partial charge in [-0.05, 0) is 30.7 Å². The minimum Gasteiger partial charge on any atom is -0.381 e. The van der Waals surface area contributed by atoms with Crippen LogP contribution in [0.4, 0.5) is 0 Å². The number of carbonyl (C=O) groups excluding carboxylic acids is 1. The monoisotopic (exact) mass is 288 g/mol. The van der Waals surface area contributed by atoms with Gasteiger partial charge in [0.05, 0.1) is 6.17 Å². The van der Waals surface area contributed by atoms with Crippen molar-refractivity contribution < 1.29 is 9.53 Å². The minimum absolute atomic E-state index is 0.0855. The minimum atomic E-state index is -0.204. The topological polar surface area (TPSA) is 41.6 Å². The molecule has 2 heterocycles. The van der Waals surface area contributed by atoms with Crippen LogP contribution in [0.15, 0.2) is 30.3 Å². The summed E-state index contributed by atoms with van der Waals surface area (Å²) >= 11 is 0. The van der Waals surface area contributed by atoms with Gasteiger partial charge in [-0.2, -0.15) is 0 Å². The van der Waals surface area contributed by atoms with E-state index in [9.17, 15) is 4.79 Å². The maximum atomic E-state index is 12.8. The number of ether oxygens (including phenoxy) is 1. The Kier molecular flexibility index (Phi) is 4.00. The number of amides is 1. The van der Waals surface area contributed by atoms with Crippen LogP contribution < -0.4 is 5.32 Å². The summed E-state index contributed by atoms with van der Waals surface area (Å²) in [6, 6.07) is 9.77. The van der Waals surface area contributed by atoms with E-state index in [1.165, 1.54) is 0 Å². The molecule has 4 heteroatoms. The predicted octanol–water partition coefficient (Wildman–Crippen LogP) is 2.32. The van der Waals surface area contributed by atoms with E-state index in [0.29, 0.717) is 0 Å². The zero-order valence-corrected chi connectivity index (χ0v) is 12.8. The number of hydrogen-bond acceptors (Lipinski definition) is 3. The normalized spacial score (nSPS) is 28.9. The Morgan fingerprint density at radius 2 is 1.95 bits per heavy atom. The quantitative estimate of drug-likeness (QED) is 0.928. The van der Waals surface area contributed by atoms with Crippen LogP contribution in [0.25, 0.3) is 0 Å². The van der Waals surface area contributed by atoms with Gasteiger partial charge in [0.25, 0.3) is 0 Å². The Balaban J connectivity index is 1.73. The molecule has 2 aliphatic heterocycles. The van der Waals surface area contributed by atoms with Crippen molar-refractivity contribution in [1.82, 2.24) is 10.2 Å². The smallest absolute Gasteiger partial charge is 0.245 e. The van der Waals surface area contributed by atoms with E-state index in [4.69, 9.17) is 4.74 Å². The molecule has 0 aromatic heterocycles. The molecule has 2 saturated heterocycles. The molecule has 2 aliphatic rings.